The van der Waals surface area contributed by atoms with Crippen LogP contribution in [0.25, 0.3) is 0 Å². The Balaban J connectivity index is 0.000000166. The van der Waals surface area contributed by atoms with Crippen molar-refractivity contribution in [1.82, 2.24) is 12.9 Å². The summed E-state index contributed by atoms with van der Waals surface area (Å²) in [7, 11) is -11.4. The highest BCUT2D eigenvalue weighted by Gasteiger charge is 2.54. The van der Waals surface area contributed by atoms with Gasteiger partial charge in [0, 0.05) is 0 Å². The molecule has 0 aromatic heterocycles. The highest BCUT2D eigenvalue weighted by Crippen LogP contribution is 2.44. The molecule has 0 bridgehead atoms. The quantitative estimate of drug-likeness (QED) is 0.0478. The molecule has 3 heterocycles. The van der Waals surface area contributed by atoms with Gasteiger partial charge in [-0.3, -0.25) is 14.4 Å². The van der Waals surface area contributed by atoms with Crippen molar-refractivity contribution in [3.8, 4) is 17.2 Å². The average Bonchev–Trinajstić information content (AvgIpc) is 0.745. The molecule has 0 radical (unpaired) electrons. The maximum atomic E-state index is 13.4. The fourth-order valence-electron chi connectivity index (χ4n) is 12.1. The predicted octanol–water partition coefficient (Wildman–Crippen LogP) is 11.9. The molecule has 25 heteroatoms. The van der Waals surface area contributed by atoms with E-state index < -0.39 is 70.8 Å². The van der Waals surface area contributed by atoms with Crippen LogP contribution in [0.2, 0.25) is 0 Å². The number of carboxylic acids is 1. The minimum absolute atomic E-state index is 0.0866. The fourth-order valence-corrected chi connectivity index (χ4v) is 16.9. The van der Waals surface area contributed by atoms with Crippen molar-refractivity contribution in [2.75, 3.05) is 52.5 Å². The number of carbonyl (C=O) groups is 3. The zero-order valence-electron chi connectivity index (χ0n) is 57.0. The summed E-state index contributed by atoms with van der Waals surface area (Å²) < 4.78 is 153. The molecular weight excluding hydrogens is 1390 g/mol. The maximum absolute atomic E-state index is 13.4. The van der Waals surface area contributed by atoms with Gasteiger partial charge in [0.1, 0.15) is 40.7 Å². The smallest absolute Gasteiger partial charge is 0.323 e. The van der Waals surface area contributed by atoms with Crippen LogP contribution in [0.4, 0.5) is 13.2 Å². The molecule has 3 aliphatic heterocycles. The van der Waals surface area contributed by atoms with Crippen molar-refractivity contribution in [1.29, 1.82) is 0 Å². The molecule has 0 amide bonds. The molecule has 3 N–H and O–H groups in total. The SMILES string of the molecule is CCOC(=O)[C@@H](C)Cc1cccc(S(=O)(=O)N2CC(Oc3ccc(F)cc3)(c3ccccc3)C2)c1.CCOC(=O)[C@@H](N)Cc1cccc(S(=O)(=O)N2CC(Oc3ccc(F)cc3)(c3ccccc3)C2)c1.C[C@@H](Cc1cccc(S(=O)(=O)N2CC(Oc3ccc(F)cc3)(c3ccccc3)C2)c1)C(=O)O. The van der Waals surface area contributed by atoms with Crippen LogP contribution >= 0.6 is 0 Å². The Morgan fingerprint density at radius 3 is 0.981 bits per heavy atom. The highest BCUT2D eigenvalue weighted by atomic mass is 32.2. The van der Waals surface area contributed by atoms with Gasteiger partial charge >= 0.3 is 17.9 Å². The normalized spacial score (nSPS) is 16.3. The van der Waals surface area contributed by atoms with E-state index in [1.807, 2.05) is 91.0 Å². The van der Waals surface area contributed by atoms with Gasteiger partial charge in [-0.15, -0.1) is 0 Å². The van der Waals surface area contributed by atoms with Crippen molar-refractivity contribution in [3.63, 3.8) is 0 Å². The van der Waals surface area contributed by atoms with Gasteiger partial charge in [-0.2, -0.15) is 12.9 Å². The predicted molar refractivity (Wildman–Crippen MR) is 379 cm³/mol. The molecule has 0 unspecified atom stereocenters. The number of sulfonamides is 3. The van der Waals surface area contributed by atoms with Crippen molar-refractivity contribution in [3.05, 3.63) is 287 Å². The lowest BCUT2D eigenvalue weighted by molar-refractivity contribution is -0.147. The monoisotopic (exact) mass is 1460 g/mol. The minimum Gasteiger partial charge on any atom is -0.481 e. The summed E-state index contributed by atoms with van der Waals surface area (Å²) in [5.74, 6) is -2.57. The molecule has 3 aliphatic rings. The van der Waals surface area contributed by atoms with Crippen LogP contribution < -0.4 is 19.9 Å². The van der Waals surface area contributed by atoms with Gasteiger partial charge in [0.05, 0.1) is 79.0 Å². The van der Waals surface area contributed by atoms with Crippen LogP contribution in [0, 0.1) is 29.3 Å². The summed E-state index contributed by atoms with van der Waals surface area (Å²) in [4.78, 5) is 35.4. The van der Waals surface area contributed by atoms with Gasteiger partial charge in [0.2, 0.25) is 30.1 Å². The number of nitrogens with zero attached hydrogens (tertiary/aromatic N) is 3. The number of hydrogen-bond acceptors (Lipinski definition) is 15. The maximum Gasteiger partial charge on any atom is 0.323 e. The van der Waals surface area contributed by atoms with Gasteiger partial charge in [-0.05, 0) is 176 Å². The van der Waals surface area contributed by atoms with Gasteiger partial charge in [-0.25, -0.2) is 38.4 Å². The summed E-state index contributed by atoms with van der Waals surface area (Å²) in [6.07, 6.45) is 0.772. The number of esters is 2. The first-order chi connectivity index (χ1) is 49.2. The molecule has 3 saturated heterocycles. The molecule has 540 valence electrons. The van der Waals surface area contributed by atoms with Gasteiger partial charge in [0.15, 0.2) is 16.8 Å². The van der Waals surface area contributed by atoms with Crippen molar-refractivity contribution >= 4 is 48.0 Å². The second kappa shape index (κ2) is 32.7. The molecule has 103 heavy (non-hydrogen) atoms. The van der Waals surface area contributed by atoms with Gasteiger partial charge in [-0.1, -0.05) is 141 Å². The van der Waals surface area contributed by atoms with Crippen molar-refractivity contribution < 1.29 is 81.6 Å². The summed E-state index contributed by atoms with van der Waals surface area (Å²) in [6, 6.07) is 63.6. The van der Waals surface area contributed by atoms with E-state index in [9.17, 15) is 52.8 Å². The highest BCUT2D eigenvalue weighted by molar-refractivity contribution is 7.89. The van der Waals surface area contributed by atoms with E-state index in [1.54, 1.807) is 76.2 Å². The first-order valence-corrected chi connectivity index (χ1v) is 37.6. The second-order valence-corrected chi connectivity index (χ2v) is 31.2. The van der Waals surface area contributed by atoms with Crippen molar-refractivity contribution in [2.24, 2.45) is 17.6 Å². The molecule has 3 fully saturated rings. The van der Waals surface area contributed by atoms with Crippen LogP contribution in [0.5, 0.6) is 17.2 Å². The molecule has 0 aliphatic carbocycles. The fraction of sp³-hybridized carbons (Fsp3) is 0.269. The van der Waals surface area contributed by atoms with E-state index in [1.165, 1.54) is 110 Å². The summed E-state index contributed by atoms with van der Waals surface area (Å²) in [5, 5.41) is 9.15. The Hall–Kier alpha value is -9.73. The number of halogens is 3. The largest absolute Gasteiger partial charge is 0.481 e. The first kappa shape index (κ1) is 75.9. The Labute approximate surface area is 598 Å². The lowest BCUT2D eigenvalue weighted by Crippen LogP contribution is -2.64. The second-order valence-electron chi connectivity index (χ2n) is 25.4. The number of aliphatic carboxylic acids is 1. The van der Waals surface area contributed by atoms with E-state index in [2.05, 4.69) is 0 Å². The number of hydrogen-bond donors (Lipinski definition) is 2. The Bertz CT molecular complexity index is 4540. The zero-order chi connectivity index (χ0) is 73.7. The lowest BCUT2D eigenvalue weighted by Gasteiger charge is -2.48. The molecule has 3 atom stereocenters. The third kappa shape index (κ3) is 18.2. The number of carbonyl (C=O) groups excluding carboxylic acids is 2. The van der Waals surface area contributed by atoms with E-state index in [4.69, 9.17) is 34.5 Å². The Morgan fingerprint density at radius 1 is 0.408 bits per heavy atom. The number of carboxylic acid groups (broad SMARTS) is 1. The zero-order valence-corrected chi connectivity index (χ0v) is 59.4. The van der Waals surface area contributed by atoms with Crippen molar-refractivity contribution in [2.45, 2.75) is 84.5 Å². The first-order valence-electron chi connectivity index (χ1n) is 33.3. The van der Waals surface area contributed by atoms with Crippen LogP contribution in [-0.4, -0.2) is 120 Å². The standard InChI is InChI=1S/C27H28FNO5S.C26H27FN2O5S.C25H24FNO5S/c1-3-33-26(30)20(2)16-21-8-7-11-25(17-21)35(31,32)29-18-27(19-29,22-9-5-4-6-10-22)34-24-14-12-23(28)13-15-24;1-2-33-25(30)24(28)16-19-7-6-10-23(15-19)35(31,32)29-17-26(18-29,20-8-4-3-5-9-20)34-22-13-11-21(27)12-14-22;1-18(24(28)29)14-19-6-5-9-23(15-19)33(30,31)27-16-25(17-27,20-7-3-2-4-8-20)32-22-12-10-21(26)11-13-22/h4-15,17,20H,3,16,18-19H2,1-2H3;3-15,24H,2,16-18,28H2,1H3;2-13,15,18H,14,16-17H2,1H3,(H,28,29)/t20-;24-;18-/m000/s1. The molecule has 0 spiro atoms. The van der Waals surface area contributed by atoms with Crippen LogP contribution in [0.3, 0.4) is 0 Å². The third-order valence-electron chi connectivity index (χ3n) is 17.7. The number of ether oxygens (including phenoxy) is 5. The van der Waals surface area contributed by atoms with E-state index in [0.717, 1.165) is 22.3 Å². The Morgan fingerprint density at radius 2 is 0.689 bits per heavy atom. The van der Waals surface area contributed by atoms with E-state index in [0.29, 0.717) is 41.4 Å². The molecule has 9 aromatic carbocycles. The van der Waals surface area contributed by atoms with E-state index >= 15 is 0 Å². The molecule has 19 nitrogen and oxygen atoms in total. The Kier molecular flexibility index (Phi) is 24.1. The molecular formula is C78H79F3N4O15S3. The number of nitrogens with two attached hydrogens (primary N) is 1. The van der Waals surface area contributed by atoms with Crippen LogP contribution in [0.15, 0.2) is 251 Å². The van der Waals surface area contributed by atoms with Gasteiger partial charge in [0.25, 0.3) is 0 Å². The van der Waals surface area contributed by atoms with Crippen LogP contribution in [0.1, 0.15) is 61.1 Å². The summed E-state index contributed by atoms with van der Waals surface area (Å²) >= 11 is 0. The van der Waals surface area contributed by atoms with Crippen LogP contribution in [-0.2, 0) is 90.0 Å². The minimum atomic E-state index is -3.83. The van der Waals surface area contributed by atoms with E-state index in [-0.39, 0.29) is 103 Å². The molecule has 0 saturated carbocycles. The third-order valence-corrected chi connectivity index (χ3v) is 23.1. The topological polar surface area (TPSA) is 256 Å². The van der Waals surface area contributed by atoms with Gasteiger partial charge < -0.3 is 34.5 Å². The lowest BCUT2D eigenvalue weighted by atomic mass is 9.87. The summed E-state index contributed by atoms with van der Waals surface area (Å²) in [5.41, 5.74) is 7.69. The number of benzene rings is 9. The molecule has 9 aromatic rings. The molecule has 12 rings (SSSR count). The number of rotatable bonds is 26. The summed E-state index contributed by atoms with van der Waals surface area (Å²) in [6.45, 7) is 7.89. The average molecular weight is 1470 g/mol.